The molecule has 124 valence electrons. The summed E-state index contributed by atoms with van der Waals surface area (Å²) in [5.41, 5.74) is 0.361. The molecule has 0 radical (unpaired) electrons. The first-order chi connectivity index (χ1) is 11.0. The molecular weight excluding hydrogens is 308 g/mol. The smallest absolute Gasteiger partial charge is 0.306 e. The SMILES string of the molecule is O=C(O)C[C@@H]1CN(C(=O)[C@@H]2C[C@@H]2c2ccc(F)cc2F)CCO1. The van der Waals surface area contributed by atoms with Crippen LogP contribution in [-0.2, 0) is 14.3 Å². The molecule has 5 nitrogen and oxygen atoms in total. The second-order valence-electron chi connectivity index (χ2n) is 5.99. The minimum atomic E-state index is -0.970. The Balaban J connectivity index is 1.62. The van der Waals surface area contributed by atoms with Crippen LogP contribution in [0.2, 0.25) is 0 Å². The Bertz CT molecular complexity index is 637. The summed E-state index contributed by atoms with van der Waals surface area (Å²) in [5, 5.41) is 8.80. The summed E-state index contributed by atoms with van der Waals surface area (Å²) in [5.74, 6) is -2.91. The van der Waals surface area contributed by atoms with Gasteiger partial charge in [-0.15, -0.1) is 0 Å². The standard InChI is InChI=1S/C16H17F2NO4/c17-9-1-2-11(14(18)5-9)12-7-13(12)16(22)19-3-4-23-10(8-19)6-15(20)21/h1-2,5,10,12-13H,3-4,6-8H2,(H,20,21)/t10-,12-,13-/m1/s1. The molecule has 1 N–H and O–H groups in total. The van der Waals surface area contributed by atoms with Crippen LogP contribution in [0.4, 0.5) is 8.78 Å². The number of aliphatic carboxylic acids is 1. The van der Waals surface area contributed by atoms with E-state index in [9.17, 15) is 18.4 Å². The summed E-state index contributed by atoms with van der Waals surface area (Å²) in [6, 6.07) is 3.40. The van der Waals surface area contributed by atoms with Crippen molar-refractivity contribution < 1.29 is 28.2 Å². The number of carboxylic acids is 1. The zero-order valence-electron chi connectivity index (χ0n) is 12.4. The lowest BCUT2D eigenvalue weighted by Gasteiger charge is -2.32. The third kappa shape index (κ3) is 3.50. The van der Waals surface area contributed by atoms with E-state index in [1.807, 2.05) is 0 Å². The quantitative estimate of drug-likeness (QED) is 0.916. The van der Waals surface area contributed by atoms with Crippen molar-refractivity contribution in [2.24, 2.45) is 5.92 Å². The van der Waals surface area contributed by atoms with Crippen LogP contribution < -0.4 is 0 Å². The van der Waals surface area contributed by atoms with Gasteiger partial charge in [0.15, 0.2) is 0 Å². The van der Waals surface area contributed by atoms with Gasteiger partial charge in [0.2, 0.25) is 5.91 Å². The third-order valence-corrected chi connectivity index (χ3v) is 4.32. The molecule has 1 heterocycles. The number of carbonyl (C=O) groups is 2. The van der Waals surface area contributed by atoms with Crippen molar-refractivity contribution in [3.05, 3.63) is 35.4 Å². The highest BCUT2D eigenvalue weighted by atomic mass is 19.1. The van der Waals surface area contributed by atoms with Crippen molar-refractivity contribution >= 4 is 11.9 Å². The zero-order valence-corrected chi connectivity index (χ0v) is 12.4. The molecule has 0 bridgehead atoms. The number of carbonyl (C=O) groups excluding carboxylic acids is 1. The molecule has 1 amide bonds. The number of nitrogens with zero attached hydrogens (tertiary/aromatic N) is 1. The van der Waals surface area contributed by atoms with Crippen LogP contribution in [0.1, 0.15) is 24.3 Å². The molecule has 0 spiro atoms. The Hall–Kier alpha value is -2.02. The topological polar surface area (TPSA) is 66.8 Å². The van der Waals surface area contributed by atoms with Crippen LogP contribution >= 0.6 is 0 Å². The highest BCUT2D eigenvalue weighted by Crippen LogP contribution is 2.49. The maximum absolute atomic E-state index is 13.8. The average molecular weight is 325 g/mol. The molecule has 7 heteroatoms. The predicted octanol–water partition coefficient (Wildman–Crippen LogP) is 1.77. The van der Waals surface area contributed by atoms with E-state index in [2.05, 4.69) is 0 Å². The Morgan fingerprint density at radius 3 is 2.83 bits per heavy atom. The van der Waals surface area contributed by atoms with Gasteiger partial charge in [0.25, 0.3) is 0 Å². The summed E-state index contributed by atoms with van der Waals surface area (Å²) >= 11 is 0. The molecule has 2 aliphatic rings. The molecule has 0 aromatic heterocycles. The first-order valence-corrected chi connectivity index (χ1v) is 7.53. The van der Waals surface area contributed by atoms with Crippen molar-refractivity contribution in [2.45, 2.75) is 24.9 Å². The number of benzene rings is 1. The highest BCUT2D eigenvalue weighted by molar-refractivity contribution is 5.83. The number of hydrogen-bond donors (Lipinski definition) is 1. The van der Waals surface area contributed by atoms with Gasteiger partial charge in [-0.2, -0.15) is 0 Å². The largest absolute Gasteiger partial charge is 0.481 e. The molecule has 1 saturated carbocycles. The zero-order chi connectivity index (χ0) is 16.6. The first-order valence-electron chi connectivity index (χ1n) is 7.53. The lowest BCUT2D eigenvalue weighted by atomic mass is 10.1. The van der Waals surface area contributed by atoms with Gasteiger partial charge in [0, 0.05) is 25.1 Å². The van der Waals surface area contributed by atoms with Crippen molar-refractivity contribution in [3.63, 3.8) is 0 Å². The summed E-state index contributed by atoms with van der Waals surface area (Å²) in [7, 11) is 0. The molecule has 1 saturated heterocycles. The Labute approximate surface area is 131 Å². The van der Waals surface area contributed by atoms with E-state index >= 15 is 0 Å². The molecule has 3 atom stereocenters. The minimum absolute atomic E-state index is 0.114. The van der Waals surface area contributed by atoms with E-state index in [0.717, 1.165) is 6.07 Å². The number of ether oxygens (including phenoxy) is 1. The average Bonchev–Trinajstić information content (AvgIpc) is 3.26. The number of rotatable bonds is 4. The maximum atomic E-state index is 13.8. The number of carboxylic acid groups (broad SMARTS) is 1. The fraction of sp³-hybridized carbons (Fsp3) is 0.500. The fourth-order valence-electron chi connectivity index (χ4n) is 3.09. The summed E-state index contributed by atoms with van der Waals surface area (Å²) < 4.78 is 32.1. The summed E-state index contributed by atoms with van der Waals surface area (Å²) in [6.45, 7) is 0.941. The minimum Gasteiger partial charge on any atom is -0.481 e. The molecule has 1 aromatic rings. The third-order valence-electron chi connectivity index (χ3n) is 4.32. The molecule has 23 heavy (non-hydrogen) atoms. The van der Waals surface area contributed by atoms with Crippen LogP contribution in [0.15, 0.2) is 18.2 Å². The van der Waals surface area contributed by atoms with Gasteiger partial charge >= 0.3 is 5.97 Å². The Kier molecular flexibility index (Phi) is 4.30. The van der Waals surface area contributed by atoms with Crippen molar-refractivity contribution in [1.29, 1.82) is 0 Å². The van der Waals surface area contributed by atoms with Gasteiger partial charge < -0.3 is 14.7 Å². The second kappa shape index (κ2) is 6.23. The van der Waals surface area contributed by atoms with Crippen LogP contribution in [0.25, 0.3) is 0 Å². The van der Waals surface area contributed by atoms with Crippen molar-refractivity contribution in [2.75, 3.05) is 19.7 Å². The van der Waals surface area contributed by atoms with Gasteiger partial charge in [-0.3, -0.25) is 9.59 Å². The lowest BCUT2D eigenvalue weighted by Crippen LogP contribution is -2.47. The van der Waals surface area contributed by atoms with E-state index in [1.165, 1.54) is 12.1 Å². The van der Waals surface area contributed by atoms with Gasteiger partial charge in [0.05, 0.1) is 19.1 Å². The monoisotopic (exact) mass is 325 g/mol. The molecule has 1 aliphatic heterocycles. The van der Waals surface area contributed by atoms with Crippen LogP contribution in [0.5, 0.6) is 0 Å². The number of morpholine rings is 1. The normalized spacial score (nSPS) is 26.9. The van der Waals surface area contributed by atoms with Gasteiger partial charge in [0.1, 0.15) is 11.6 Å². The summed E-state index contributed by atoms with van der Waals surface area (Å²) in [6.07, 6.45) is -0.128. The molecule has 3 rings (SSSR count). The Morgan fingerprint density at radius 2 is 2.13 bits per heavy atom. The number of hydrogen-bond acceptors (Lipinski definition) is 3. The molecule has 2 fully saturated rings. The van der Waals surface area contributed by atoms with E-state index in [-0.39, 0.29) is 30.7 Å². The van der Waals surface area contributed by atoms with E-state index in [4.69, 9.17) is 9.84 Å². The number of amides is 1. The van der Waals surface area contributed by atoms with E-state index in [1.54, 1.807) is 4.90 Å². The van der Waals surface area contributed by atoms with Crippen LogP contribution in [0.3, 0.4) is 0 Å². The first kappa shape index (κ1) is 15.9. The van der Waals surface area contributed by atoms with Crippen molar-refractivity contribution in [3.8, 4) is 0 Å². The lowest BCUT2D eigenvalue weighted by molar-refractivity contribution is -0.148. The van der Waals surface area contributed by atoms with Gasteiger partial charge in [-0.25, -0.2) is 8.78 Å². The van der Waals surface area contributed by atoms with Crippen LogP contribution in [-0.4, -0.2) is 47.7 Å². The molecule has 0 unspecified atom stereocenters. The van der Waals surface area contributed by atoms with E-state index in [0.29, 0.717) is 25.1 Å². The maximum Gasteiger partial charge on any atom is 0.306 e. The van der Waals surface area contributed by atoms with E-state index < -0.39 is 23.7 Å². The Morgan fingerprint density at radius 1 is 1.35 bits per heavy atom. The molecule has 1 aromatic carbocycles. The molecule has 1 aliphatic carbocycles. The van der Waals surface area contributed by atoms with Gasteiger partial charge in [-0.1, -0.05) is 6.07 Å². The van der Waals surface area contributed by atoms with Gasteiger partial charge in [-0.05, 0) is 24.0 Å². The number of halogens is 2. The second-order valence-corrected chi connectivity index (χ2v) is 5.99. The van der Waals surface area contributed by atoms with Crippen molar-refractivity contribution in [1.82, 2.24) is 4.90 Å². The van der Waals surface area contributed by atoms with Crippen LogP contribution in [0, 0.1) is 17.6 Å². The molecular formula is C16H17F2NO4. The predicted molar refractivity (Wildman–Crippen MR) is 75.8 cm³/mol. The summed E-state index contributed by atoms with van der Waals surface area (Å²) in [4.78, 5) is 24.8. The highest BCUT2D eigenvalue weighted by Gasteiger charge is 2.47. The fourth-order valence-corrected chi connectivity index (χ4v) is 3.09.